The molecule has 0 N–H and O–H groups in total. The maximum Gasteiger partial charge on any atom is 0.225 e. The minimum absolute atomic E-state index is 0.308. The van der Waals surface area contributed by atoms with Crippen LogP contribution >= 0.6 is 22.9 Å². The van der Waals surface area contributed by atoms with Gasteiger partial charge in [-0.1, -0.05) is 48.5 Å². The lowest BCUT2D eigenvalue weighted by molar-refractivity contribution is 0.686. The number of benzene rings is 2. The van der Waals surface area contributed by atoms with Crippen LogP contribution in [0, 0.1) is 0 Å². The third-order valence-electron chi connectivity index (χ3n) is 5.94. The number of aromatic nitrogens is 2. The first-order valence-electron chi connectivity index (χ1n) is 10.6. The highest BCUT2D eigenvalue weighted by molar-refractivity contribution is 7.17. The Morgan fingerprint density at radius 3 is 2.60 bits per heavy atom. The molecule has 2 heterocycles. The summed E-state index contributed by atoms with van der Waals surface area (Å²) < 4.78 is 0. The number of hydrogen-bond acceptors (Lipinski definition) is 4. The zero-order valence-corrected chi connectivity index (χ0v) is 18.6. The van der Waals surface area contributed by atoms with Crippen molar-refractivity contribution in [2.45, 2.75) is 39.2 Å². The Kier molecular flexibility index (Phi) is 5.45. The molecule has 2 aromatic heterocycles. The van der Waals surface area contributed by atoms with Crippen LogP contribution in [0.25, 0.3) is 21.3 Å². The Morgan fingerprint density at radius 2 is 1.80 bits per heavy atom. The minimum Gasteiger partial charge on any atom is -0.352 e. The summed E-state index contributed by atoms with van der Waals surface area (Å²) in [7, 11) is 0. The molecule has 0 aliphatic heterocycles. The van der Waals surface area contributed by atoms with E-state index in [1.54, 1.807) is 11.3 Å². The third kappa shape index (κ3) is 3.70. The molecular formula is C25H24ClN3S. The smallest absolute Gasteiger partial charge is 0.225 e. The number of nitrogens with zero attached hydrogens (tertiary/aromatic N) is 3. The van der Waals surface area contributed by atoms with Crippen LogP contribution < -0.4 is 4.90 Å². The van der Waals surface area contributed by atoms with Crippen LogP contribution in [0.15, 0.2) is 53.9 Å². The molecule has 5 heteroatoms. The summed E-state index contributed by atoms with van der Waals surface area (Å²) in [5.74, 6) is 0.922. The van der Waals surface area contributed by atoms with Gasteiger partial charge in [0.25, 0.3) is 0 Å². The number of hydrogen-bond donors (Lipinski definition) is 0. The molecule has 152 valence electrons. The Labute approximate surface area is 186 Å². The van der Waals surface area contributed by atoms with Gasteiger partial charge in [-0.05, 0) is 66.5 Å². The van der Waals surface area contributed by atoms with Crippen molar-refractivity contribution in [1.82, 2.24) is 9.97 Å². The lowest BCUT2D eigenvalue weighted by atomic mass is 9.89. The number of anilines is 1. The summed E-state index contributed by atoms with van der Waals surface area (Å²) in [6, 6.07) is 17.5. The van der Waals surface area contributed by atoms with Gasteiger partial charge in [0, 0.05) is 24.0 Å². The van der Waals surface area contributed by atoms with Crippen LogP contribution in [-0.2, 0) is 19.4 Å². The standard InChI is InChI=1S/C25H24ClN3S/c1-2-29(15-17-8-4-3-5-9-17)23-22-21(16-30-24(22)28-25(26)27-23)20-13-12-18-10-6-7-11-19(18)14-20/h3-5,8-9,12-14,16H,2,6-7,10-11,15H2,1H3. The van der Waals surface area contributed by atoms with Gasteiger partial charge in [0.15, 0.2) is 0 Å². The second-order valence-electron chi connectivity index (χ2n) is 7.84. The maximum absolute atomic E-state index is 6.34. The topological polar surface area (TPSA) is 29.0 Å². The first-order chi connectivity index (χ1) is 14.7. The van der Waals surface area contributed by atoms with Crippen molar-refractivity contribution in [2.24, 2.45) is 0 Å². The zero-order valence-electron chi connectivity index (χ0n) is 17.1. The van der Waals surface area contributed by atoms with Crippen molar-refractivity contribution in [3.8, 4) is 11.1 Å². The molecule has 0 atom stereocenters. The molecule has 1 aliphatic carbocycles. The van der Waals surface area contributed by atoms with Gasteiger partial charge in [0.1, 0.15) is 10.6 Å². The highest BCUT2D eigenvalue weighted by atomic mass is 35.5. The van der Waals surface area contributed by atoms with Crippen LogP contribution in [0.1, 0.15) is 36.5 Å². The van der Waals surface area contributed by atoms with E-state index in [0.29, 0.717) is 5.28 Å². The third-order valence-corrected chi connectivity index (χ3v) is 6.99. The largest absolute Gasteiger partial charge is 0.352 e. The summed E-state index contributed by atoms with van der Waals surface area (Å²) in [6.45, 7) is 3.80. The molecule has 0 radical (unpaired) electrons. The normalized spacial score (nSPS) is 13.4. The number of rotatable bonds is 5. The van der Waals surface area contributed by atoms with Crippen LogP contribution in [0.2, 0.25) is 5.28 Å². The van der Waals surface area contributed by atoms with E-state index in [1.807, 2.05) is 6.07 Å². The van der Waals surface area contributed by atoms with Gasteiger partial charge < -0.3 is 4.90 Å². The van der Waals surface area contributed by atoms with Crippen LogP contribution in [0.4, 0.5) is 5.82 Å². The SMILES string of the molecule is CCN(Cc1ccccc1)c1nc(Cl)nc2scc(-c3ccc4c(c3)CCCC4)c12. The van der Waals surface area contributed by atoms with E-state index >= 15 is 0 Å². The summed E-state index contributed by atoms with van der Waals surface area (Å²) in [6.07, 6.45) is 4.96. The highest BCUT2D eigenvalue weighted by Gasteiger charge is 2.20. The summed E-state index contributed by atoms with van der Waals surface area (Å²) in [4.78, 5) is 12.5. The van der Waals surface area contributed by atoms with Gasteiger partial charge in [-0.15, -0.1) is 11.3 Å². The summed E-state index contributed by atoms with van der Waals surface area (Å²) >= 11 is 7.98. The fraction of sp³-hybridized carbons (Fsp3) is 0.280. The van der Waals surface area contributed by atoms with E-state index < -0.39 is 0 Å². The summed E-state index contributed by atoms with van der Waals surface area (Å²) in [5.41, 5.74) is 6.72. The Bertz CT molecular complexity index is 1190. The van der Waals surface area contributed by atoms with E-state index in [-0.39, 0.29) is 0 Å². The summed E-state index contributed by atoms with van der Waals surface area (Å²) in [5, 5.41) is 3.63. The number of halogens is 1. The van der Waals surface area contributed by atoms with Gasteiger partial charge in [0.2, 0.25) is 5.28 Å². The molecule has 0 unspecified atom stereocenters. The van der Waals surface area contributed by atoms with Gasteiger partial charge in [-0.2, -0.15) is 4.98 Å². The molecule has 0 amide bonds. The van der Waals surface area contributed by atoms with Crippen molar-refractivity contribution in [3.63, 3.8) is 0 Å². The van der Waals surface area contributed by atoms with Gasteiger partial charge in [-0.3, -0.25) is 0 Å². The minimum atomic E-state index is 0.308. The molecule has 0 spiro atoms. The molecule has 0 fully saturated rings. The Balaban J connectivity index is 1.63. The molecule has 5 rings (SSSR count). The van der Waals surface area contributed by atoms with Gasteiger partial charge >= 0.3 is 0 Å². The van der Waals surface area contributed by atoms with Crippen LogP contribution in [-0.4, -0.2) is 16.5 Å². The lowest BCUT2D eigenvalue weighted by Crippen LogP contribution is -2.23. The zero-order chi connectivity index (χ0) is 20.5. The quantitative estimate of drug-likeness (QED) is 0.320. The van der Waals surface area contributed by atoms with E-state index in [0.717, 1.165) is 29.1 Å². The molecule has 1 aliphatic rings. The predicted molar refractivity (Wildman–Crippen MR) is 128 cm³/mol. The highest BCUT2D eigenvalue weighted by Crippen LogP contribution is 2.40. The van der Waals surface area contributed by atoms with E-state index in [4.69, 9.17) is 16.6 Å². The maximum atomic E-state index is 6.34. The molecule has 30 heavy (non-hydrogen) atoms. The molecule has 2 aromatic carbocycles. The second kappa shape index (κ2) is 8.37. The van der Waals surface area contributed by atoms with Crippen molar-refractivity contribution in [2.75, 3.05) is 11.4 Å². The van der Waals surface area contributed by atoms with E-state index in [1.165, 1.54) is 53.5 Å². The molecule has 4 aromatic rings. The lowest BCUT2D eigenvalue weighted by Gasteiger charge is -2.23. The predicted octanol–water partition coefficient (Wildman–Crippen LogP) is 6.92. The molecule has 0 saturated carbocycles. The fourth-order valence-electron chi connectivity index (χ4n) is 4.38. The van der Waals surface area contributed by atoms with Crippen LogP contribution in [0.3, 0.4) is 0 Å². The molecule has 3 nitrogen and oxygen atoms in total. The first-order valence-corrected chi connectivity index (χ1v) is 11.8. The Morgan fingerprint density at radius 1 is 1.00 bits per heavy atom. The number of fused-ring (bicyclic) bond motifs is 2. The molecular weight excluding hydrogens is 410 g/mol. The average molecular weight is 434 g/mol. The van der Waals surface area contributed by atoms with E-state index in [2.05, 4.69) is 64.7 Å². The van der Waals surface area contributed by atoms with Gasteiger partial charge in [0.05, 0.1) is 5.39 Å². The average Bonchev–Trinajstić information content (AvgIpc) is 3.21. The van der Waals surface area contributed by atoms with E-state index in [9.17, 15) is 0 Å². The van der Waals surface area contributed by atoms with Crippen LogP contribution in [0.5, 0.6) is 0 Å². The van der Waals surface area contributed by atoms with Crippen molar-refractivity contribution < 1.29 is 0 Å². The second-order valence-corrected chi connectivity index (χ2v) is 9.03. The van der Waals surface area contributed by atoms with Crippen molar-refractivity contribution in [1.29, 1.82) is 0 Å². The Hall–Kier alpha value is -2.43. The fourth-order valence-corrected chi connectivity index (χ4v) is 5.54. The van der Waals surface area contributed by atoms with Crippen molar-refractivity contribution in [3.05, 3.63) is 75.9 Å². The monoisotopic (exact) mass is 433 g/mol. The number of aryl methyl sites for hydroxylation is 2. The number of thiophene rings is 1. The van der Waals surface area contributed by atoms with Gasteiger partial charge in [-0.25, -0.2) is 4.98 Å². The molecule has 0 bridgehead atoms. The van der Waals surface area contributed by atoms with Crippen molar-refractivity contribution >= 4 is 39.0 Å². The first kappa shape index (κ1) is 19.5. The molecule has 0 saturated heterocycles.